The van der Waals surface area contributed by atoms with Crippen molar-refractivity contribution in [3.05, 3.63) is 52.0 Å². The summed E-state index contributed by atoms with van der Waals surface area (Å²) in [6.45, 7) is 2.00. The summed E-state index contributed by atoms with van der Waals surface area (Å²) in [6, 6.07) is 10.1. The van der Waals surface area contributed by atoms with Gasteiger partial charge >= 0.3 is 0 Å². The molecule has 96 valence electrons. The summed E-state index contributed by atoms with van der Waals surface area (Å²) in [5.74, 6) is 0. The third-order valence-electron chi connectivity index (χ3n) is 2.93. The minimum absolute atomic E-state index is 0.000925. The first kappa shape index (κ1) is 13.2. The Morgan fingerprint density at radius 3 is 2.72 bits per heavy atom. The van der Waals surface area contributed by atoms with E-state index >= 15 is 0 Å². The Kier molecular flexibility index (Phi) is 4.47. The molecule has 0 aliphatic heterocycles. The van der Waals surface area contributed by atoms with Gasteiger partial charge in [-0.1, -0.05) is 30.3 Å². The van der Waals surface area contributed by atoms with Gasteiger partial charge in [-0.25, -0.2) is 4.98 Å². The zero-order valence-corrected chi connectivity index (χ0v) is 11.5. The number of benzene rings is 1. The highest BCUT2D eigenvalue weighted by atomic mass is 32.1. The Labute approximate surface area is 112 Å². The van der Waals surface area contributed by atoms with E-state index in [0.29, 0.717) is 0 Å². The topological polar surface area (TPSA) is 48.1 Å². The van der Waals surface area contributed by atoms with Crippen molar-refractivity contribution < 1.29 is 4.74 Å². The zero-order valence-electron chi connectivity index (χ0n) is 10.7. The van der Waals surface area contributed by atoms with E-state index in [4.69, 9.17) is 10.5 Å². The monoisotopic (exact) mass is 262 g/mol. The van der Waals surface area contributed by atoms with Gasteiger partial charge in [0.15, 0.2) is 0 Å². The number of nitrogens with zero attached hydrogens (tertiary/aromatic N) is 1. The normalized spacial score (nSPS) is 14.4. The van der Waals surface area contributed by atoms with Gasteiger partial charge in [-0.3, -0.25) is 0 Å². The van der Waals surface area contributed by atoms with Gasteiger partial charge in [0.05, 0.1) is 5.69 Å². The first-order valence-corrected chi connectivity index (χ1v) is 6.86. The van der Waals surface area contributed by atoms with Gasteiger partial charge in [-0.2, -0.15) is 0 Å². The number of nitrogens with two attached hydrogens (primary N) is 1. The van der Waals surface area contributed by atoms with E-state index in [0.717, 1.165) is 22.7 Å². The third kappa shape index (κ3) is 3.16. The van der Waals surface area contributed by atoms with Gasteiger partial charge in [-0.15, -0.1) is 11.3 Å². The van der Waals surface area contributed by atoms with Crippen molar-refractivity contribution in [2.75, 3.05) is 7.11 Å². The summed E-state index contributed by atoms with van der Waals surface area (Å²) in [6.07, 6.45) is 0.813. The zero-order chi connectivity index (χ0) is 13.0. The van der Waals surface area contributed by atoms with E-state index in [-0.39, 0.29) is 12.1 Å². The van der Waals surface area contributed by atoms with E-state index in [1.54, 1.807) is 18.4 Å². The standard InChI is InChI=1S/C14H18N2OS/c1-10(17-2)14-16-12(9-18-14)8-13(15)11-6-4-3-5-7-11/h3-7,9-10,13H,8,15H2,1-2H3. The van der Waals surface area contributed by atoms with E-state index in [9.17, 15) is 0 Å². The molecule has 3 nitrogen and oxygen atoms in total. The highest BCUT2D eigenvalue weighted by molar-refractivity contribution is 7.09. The molecular formula is C14H18N2OS. The fourth-order valence-corrected chi connectivity index (χ4v) is 2.61. The van der Waals surface area contributed by atoms with Crippen molar-refractivity contribution >= 4 is 11.3 Å². The number of hydrogen-bond acceptors (Lipinski definition) is 4. The van der Waals surface area contributed by atoms with Gasteiger partial charge in [-0.05, 0) is 12.5 Å². The van der Waals surface area contributed by atoms with Gasteiger partial charge in [0.2, 0.25) is 0 Å². The average molecular weight is 262 g/mol. The molecule has 1 heterocycles. The second-order valence-corrected chi connectivity index (χ2v) is 5.17. The highest BCUT2D eigenvalue weighted by Crippen LogP contribution is 2.23. The first-order valence-electron chi connectivity index (χ1n) is 5.98. The molecule has 0 fully saturated rings. The van der Waals surface area contributed by atoms with Crippen LogP contribution in [-0.2, 0) is 11.2 Å². The van der Waals surface area contributed by atoms with E-state index in [1.165, 1.54) is 0 Å². The van der Waals surface area contributed by atoms with Crippen LogP contribution in [0.25, 0.3) is 0 Å². The second kappa shape index (κ2) is 6.09. The summed E-state index contributed by atoms with van der Waals surface area (Å²) in [5, 5.41) is 3.07. The summed E-state index contributed by atoms with van der Waals surface area (Å²) < 4.78 is 5.26. The molecule has 2 rings (SSSR count). The van der Waals surface area contributed by atoms with E-state index in [2.05, 4.69) is 22.5 Å². The van der Waals surface area contributed by atoms with Crippen LogP contribution in [0.1, 0.15) is 35.3 Å². The van der Waals surface area contributed by atoms with Crippen LogP contribution in [0.15, 0.2) is 35.7 Å². The minimum atomic E-state index is -0.000925. The van der Waals surface area contributed by atoms with E-state index in [1.807, 2.05) is 25.1 Å². The molecule has 0 saturated carbocycles. The van der Waals surface area contributed by atoms with Crippen molar-refractivity contribution in [1.29, 1.82) is 0 Å². The minimum Gasteiger partial charge on any atom is -0.375 e. The first-order chi connectivity index (χ1) is 8.70. The maximum Gasteiger partial charge on any atom is 0.121 e. The molecule has 2 unspecified atom stereocenters. The Balaban J connectivity index is 2.03. The Hall–Kier alpha value is -1.23. The summed E-state index contributed by atoms with van der Waals surface area (Å²) in [7, 11) is 1.70. The summed E-state index contributed by atoms with van der Waals surface area (Å²) in [4.78, 5) is 4.56. The molecule has 0 saturated heterocycles. The number of ether oxygens (including phenoxy) is 1. The molecule has 0 amide bonds. The molecule has 0 bridgehead atoms. The van der Waals surface area contributed by atoms with Crippen molar-refractivity contribution in [2.24, 2.45) is 5.73 Å². The van der Waals surface area contributed by atoms with Crippen LogP contribution >= 0.6 is 11.3 Å². The van der Waals surface area contributed by atoms with Crippen LogP contribution in [0, 0.1) is 0 Å². The smallest absolute Gasteiger partial charge is 0.121 e. The molecule has 0 aliphatic rings. The molecule has 4 heteroatoms. The fourth-order valence-electron chi connectivity index (χ4n) is 1.75. The Bertz CT molecular complexity index is 484. The number of hydrogen-bond donors (Lipinski definition) is 1. The van der Waals surface area contributed by atoms with Gasteiger partial charge in [0, 0.05) is 25.0 Å². The summed E-state index contributed by atoms with van der Waals surface area (Å²) in [5.41, 5.74) is 8.36. The number of methoxy groups -OCH3 is 1. The van der Waals surface area contributed by atoms with Crippen LogP contribution in [0.5, 0.6) is 0 Å². The summed E-state index contributed by atoms with van der Waals surface area (Å²) >= 11 is 1.63. The molecule has 0 spiro atoms. The van der Waals surface area contributed by atoms with Gasteiger partial charge in [0.25, 0.3) is 0 Å². The Morgan fingerprint density at radius 2 is 2.06 bits per heavy atom. The van der Waals surface area contributed by atoms with Crippen molar-refractivity contribution in [1.82, 2.24) is 4.98 Å². The largest absolute Gasteiger partial charge is 0.375 e. The van der Waals surface area contributed by atoms with Crippen molar-refractivity contribution in [3.8, 4) is 0 Å². The average Bonchev–Trinajstić information content (AvgIpc) is 2.87. The lowest BCUT2D eigenvalue weighted by Crippen LogP contribution is -2.13. The molecule has 2 atom stereocenters. The maximum absolute atomic E-state index is 6.18. The highest BCUT2D eigenvalue weighted by Gasteiger charge is 2.12. The van der Waals surface area contributed by atoms with Crippen molar-refractivity contribution in [3.63, 3.8) is 0 Å². The van der Waals surface area contributed by atoms with Crippen LogP contribution in [0.2, 0.25) is 0 Å². The van der Waals surface area contributed by atoms with Gasteiger partial charge < -0.3 is 10.5 Å². The van der Waals surface area contributed by atoms with Gasteiger partial charge in [0.1, 0.15) is 11.1 Å². The second-order valence-electron chi connectivity index (χ2n) is 4.28. The molecular weight excluding hydrogens is 244 g/mol. The quantitative estimate of drug-likeness (QED) is 0.900. The fraction of sp³-hybridized carbons (Fsp3) is 0.357. The van der Waals surface area contributed by atoms with E-state index < -0.39 is 0 Å². The lowest BCUT2D eigenvalue weighted by atomic mass is 10.0. The Morgan fingerprint density at radius 1 is 1.33 bits per heavy atom. The molecule has 18 heavy (non-hydrogen) atoms. The van der Waals surface area contributed by atoms with Crippen LogP contribution in [0.4, 0.5) is 0 Å². The molecule has 1 aromatic heterocycles. The lowest BCUT2D eigenvalue weighted by Gasteiger charge is -2.10. The molecule has 2 N–H and O–H groups in total. The van der Waals surface area contributed by atoms with Crippen LogP contribution in [0.3, 0.4) is 0 Å². The maximum atomic E-state index is 6.18. The third-order valence-corrected chi connectivity index (χ3v) is 3.98. The molecule has 2 aromatic rings. The molecule has 0 aliphatic carbocycles. The molecule has 0 radical (unpaired) electrons. The van der Waals surface area contributed by atoms with Crippen LogP contribution < -0.4 is 5.73 Å². The number of thiazole rings is 1. The van der Waals surface area contributed by atoms with Crippen LogP contribution in [-0.4, -0.2) is 12.1 Å². The van der Waals surface area contributed by atoms with Crippen molar-refractivity contribution in [2.45, 2.75) is 25.5 Å². The number of aromatic nitrogens is 1. The lowest BCUT2D eigenvalue weighted by molar-refractivity contribution is 0.119. The predicted molar refractivity (Wildman–Crippen MR) is 74.6 cm³/mol. The predicted octanol–water partition coefficient (Wildman–Crippen LogP) is 3.09. The molecule has 1 aromatic carbocycles. The SMILES string of the molecule is COC(C)c1nc(CC(N)c2ccccc2)cs1. The number of rotatable bonds is 5.